The Morgan fingerprint density at radius 3 is 2.42 bits per heavy atom. The number of anilines is 1. The van der Waals surface area contributed by atoms with Gasteiger partial charge in [0.25, 0.3) is 11.5 Å². The number of pyridine rings is 3. The summed E-state index contributed by atoms with van der Waals surface area (Å²) in [6.07, 6.45) is -7.11. The molecule has 0 radical (unpaired) electrons. The molecule has 0 aliphatic rings. The van der Waals surface area contributed by atoms with E-state index in [2.05, 4.69) is 10.1 Å². The van der Waals surface area contributed by atoms with Gasteiger partial charge >= 0.3 is 12.4 Å². The minimum Gasteiger partial charge on any atom is -0.322 e. The van der Waals surface area contributed by atoms with Gasteiger partial charge in [-0.15, -0.1) is 0 Å². The minimum absolute atomic E-state index is 0.0921. The van der Waals surface area contributed by atoms with Crippen LogP contribution in [0.15, 0.2) is 65.8 Å². The predicted molar refractivity (Wildman–Crippen MR) is 103 cm³/mol. The number of aromatic nitrogens is 4. The Bertz CT molecular complexity index is 1420. The fraction of sp³-hybridized carbons (Fsp3) is 0.100. The highest BCUT2D eigenvalue weighted by Crippen LogP contribution is 2.35. The van der Waals surface area contributed by atoms with Crippen molar-refractivity contribution in [2.24, 2.45) is 0 Å². The molecule has 0 atom stereocenters. The lowest BCUT2D eigenvalue weighted by Gasteiger charge is -2.15. The van der Waals surface area contributed by atoms with Crippen molar-refractivity contribution in [3.8, 4) is 5.69 Å². The maximum Gasteiger partial charge on any atom is 0.434 e. The number of amides is 1. The molecular weight excluding hydrogens is 456 g/mol. The van der Waals surface area contributed by atoms with Gasteiger partial charge in [0.05, 0.1) is 23.0 Å². The first-order valence-electron chi connectivity index (χ1n) is 9.07. The van der Waals surface area contributed by atoms with E-state index < -0.39 is 46.5 Å². The molecule has 170 valence electrons. The maximum atomic E-state index is 14.0. The predicted octanol–water partition coefficient (Wildman–Crippen LogP) is 4.17. The van der Waals surface area contributed by atoms with Crippen LogP contribution in [0.4, 0.5) is 32.0 Å². The van der Waals surface area contributed by atoms with Crippen LogP contribution < -0.4 is 10.9 Å². The van der Waals surface area contributed by atoms with Crippen LogP contribution >= 0.6 is 0 Å². The minimum atomic E-state index is -5.07. The van der Waals surface area contributed by atoms with Crippen molar-refractivity contribution in [2.75, 3.05) is 5.32 Å². The molecule has 0 unspecified atom stereocenters. The van der Waals surface area contributed by atoms with Gasteiger partial charge in [0.15, 0.2) is 5.69 Å². The second-order valence-electron chi connectivity index (χ2n) is 6.71. The summed E-state index contributed by atoms with van der Waals surface area (Å²) in [5, 5.41) is 5.69. The quantitative estimate of drug-likeness (QED) is 0.459. The number of fused-ring (bicyclic) bond motifs is 1. The normalized spacial score (nSPS) is 12.2. The van der Waals surface area contributed by atoms with E-state index in [0.717, 1.165) is 16.7 Å². The number of rotatable bonds is 3. The van der Waals surface area contributed by atoms with E-state index in [1.54, 1.807) is 0 Å². The van der Waals surface area contributed by atoms with Gasteiger partial charge in [0, 0.05) is 24.1 Å². The number of halogens is 6. The Labute approximate surface area is 179 Å². The van der Waals surface area contributed by atoms with Crippen molar-refractivity contribution >= 4 is 17.1 Å². The molecule has 1 N–H and O–H groups in total. The van der Waals surface area contributed by atoms with Gasteiger partial charge in [0.1, 0.15) is 5.69 Å². The van der Waals surface area contributed by atoms with Gasteiger partial charge in [0.2, 0.25) is 0 Å². The zero-order valence-electron chi connectivity index (χ0n) is 16.1. The van der Waals surface area contributed by atoms with Gasteiger partial charge in [-0.05, 0) is 30.3 Å². The largest absolute Gasteiger partial charge is 0.434 e. The topological polar surface area (TPSA) is 81.3 Å². The zero-order chi connectivity index (χ0) is 24.0. The van der Waals surface area contributed by atoms with E-state index in [9.17, 15) is 35.9 Å². The smallest absolute Gasteiger partial charge is 0.322 e. The van der Waals surface area contributed by atoms with E-state index >= 15 is 0 Å². The highest BCUT2D eigenvalue weighted by molar-refractivity contribution is 6.05. The molecule has 4 aromatic rings. The molecule has 13 heteroatoms. The Morgan fingerprint density at radius 1 is 0.970 bits per heavy atom. The van der Waals surface area contributed by atoms with Crippen molar-refractivity contribution in [3.05, 3.63) is 88.4 Å². The molecule has 0 fully saturated rings. The van der Waals surface area contributed by atoms with E-state index in [4.69, 9.17) is 0 Å². The van der Waals surface area contributed by atoms with Crippen LogP contribution in [-0.2, 0) is 12.4 Å². The van der Waals surface area contributed by atoms with Crippen molar-refractivity contribution in [1.82, 2.24) is 19.2 Å². The van der Waals surface area contributed by atoms with Crippen LogP contribution in [0.3, 0.4) is 0 Å². The first-order chi connectivity index (χ1) is 15.5. The molecule has 4 heterocycles. The molecule has 0 aliphatic carbocycles. The molecule has 0 aromatic carbocycles. The van der Waals surface area contributed by atoms with Gasteiger partial charge in [-0.3, -0.25) is 19.0 Å². The maximum absolute atomic E-state index is 14.0. The standard InChI is InChI=1S/C20H11F6N5O2/c21-19(22,23)15-9-11(6-7-27-15)29-18(33)12-10-28-31(17(12)20(24,25)26)14-4-2-8-30-13(14)3-1-5-16(30)32/h1-10H,(H,27,29,33). The average Bonchev–Trinajstić information content (AvgIpc) is 3.19. The lowest BCUT2D eigenvalue weighted by molar-refractivity contribution is -0.143. The summed E-state index contributed by atoms with van der Waals surface area (Å²) < 4.78 is 81.9. The summed E-state index contributed by atoms with van der Waals surface area (Å²) in [6, 6.07) is 8.07. The Hall–Kier alpha value is -4.16. The number of hydrogen-bond acceptors (Lipinski definition) is 4. The van der Waals surface area contributed by atoms with Crippen LogP contribution in [0.2, 0.25) is 0 Å². The lowest BCUT2D eigenvalue weighted by Crippen LogP contribution is -2.22. The summed E-state index contributed by atoms with van der Waals surface area (Å²) in [6.45, 7) is 0. The number of alkyl halides is 6. The molecule has 4 rings (SSSR count). The van der Waals surface area contributed by atoms with Crippen LogP contribution in [0, 0.1) is 0 Å². The molecule has 4 aromatic heterocycles. The van der Waals surface area contributed by atoms with Crippen LogP contribution in [0.1, 0.15) is 21.7 Å². The second kappa shape index (κ2) is 7.76. The summed E-state index contributed by atoms with van der Waals surface area (Å²) in [7, 11) is 0. The van der Waals surface area contributed by atoms with Gasteiger partial charge in [-0.25, -0.2) is 4.68 Å². The summed E-state index contributed by atoms with van der Waals surface area (Å²) in [5.74, 6) is -1.33. The Morgan fingerprint density at radius 2 is 1.73 bits per heavy atom. The van der Waals surface area contributed by atoms with Crippen LogP contribution in [-0.4, -0.2) is 25.1 Å². The third kappa shape index (κ3) is 4.16. The van der Waals surface area contributed by atoms with Crippen LogP contribution in [0.5, 0.6) is 0 Å². The van der Waals surface area contributed by atoms with Crippen molar-refractivity contribution in [2.45, 2.75) is 12.4 Å². The molecule has 0 spiro atoms. The SMILES string of the molecule is O=C(Nc1ccnc(C(F)(F)F)c1)c1cnn(-c2cccn3c(=O)cccc23)c1C(F)(F)F. The Kier molecular flexibility index (Phi) is 5.18. The first kappa shape index (κ1) is 22.0. The van der Waals surface area contributed by atoms with Gasteiger partial charge in [-0.2, -0.15) is 31.4 Å². The van der Waals surface area contributed by atoms with Crippen molar-refractivity contribution < 1.29 is 31.1 Å². The lowest BCUT2D eigenvalue weighted by atomic mass is 10.2. The first-order valence-corrected chi connectivity index (χ1v) is 9.07. The second-order valence-corrected chi connectivity index (χ2v) is 6.71. The molecule has 0 saturated carbocycles. The average molecular weight is 467 g/mol. The summed E-state index contributed by atoms with van der Waals surface area (Å²) in [5.41, 5.74) is -4.65. The third-order valence-electron chi connectivity index (χ3n) is 4.56. The number of carbonyl (C=O) groups excluding carboxylic acids is 1. The third-order valence-corrected chi connectivity index (χ3v) is 4.56. The number of nitrogens with one attached hydrogen (secondary N) is 1. The summed E-state index contributed by atoms with van der Waals surface area (Å²) in [4.78, 5) is 27.7. The molecule has 0 aliphatic heterocycles. The number of carbonyl (C=O) groups is 1. The van der Waals surface area contributed by atoms with Gasteiger partial charge in [-0.1, -0.05) is 6.07 Å². The Balaban J connectivity index is 1.81. The van der Waals surface area contributed by atoms with Gasteiger partial charge < -0.3 is 5.32 Å². The molecule has 7 nitrogen and oxygen atoms in total. The number of hydrogen-bond donors (Lipinski definition) is 1. The van der Waals surface area contributed by atoms with Crippen molar-refractivity contribution in [1.29, 1.82) is 0 Å². The highest BCUT2D eigenvalue weighted by Gasteiger charge is 2.41. The van der Waals surface area contributed by atoms with E-state index in [1.807, 2.05) is 5.32 Å². The highest BCUT2D eigenvalue weighted by atomic mass is 19.4. The van der Waals surface area contributed by atoms with E-state index in [-0.39, 0.29) is 11.2 Å². The monoisotopic (exact) mass is 467 g/mol. The molecule has 33 heavy (non-hydrogen) atoms. The number of nitrogens with zero attached hydrogens (tertiary/aromatic N) is 4. The fourth-order valence-electron chi connectivity index (χ4n) is 3.18. The van der Waals surface area contributed by atoms with E-state index in [0.29, 0.717) is 16.9 Å². The van der Waals surface area contributed by atoms with Crippen LogP contribution in [0.25, 0.3) is 11.2 Å². The zero-order valence-corrected chi connectivity index (χ0v) is 16.1. The fourth-order valence-corrected chi connectivity index (χ4v) is 3.18. The molecule has 0 bridgehead atoms. The molecule has 1 amide bonds. The van der Waals surface area contributed by atoms with E-state index in [1.165, 1.54) is 36.5 Å². The molecular formula is C20H11F6N5O2. The van der Waals surface area contributed by atoms with Crippen molar-refractivity contribution in [3.63, 3.8) is 0 Å². The summed E-state index contributed by atoms with van der Waals surface area (Å²) >= 11 is 0. The molecule has 0 saturated heterocycles.